The maximum Gasteiger partial charge on any atom is 0.244 e. The van der Waals surface area contributed by atoms with Crippen LogP contribution in [0.3, 0.4) is 0 Å². The summed E-state index contributed by atoms with van der Waals surface area (Å²) >= 11 is 0. The smallest absolute Gasteiger partial charge is 0.244 e. The molecular weight excluding hydrogens is 242 g/mol. The summed E-state index contributed by atoms with van der Waals surface area (Å²) in [6.07, 6.45) is 1.57. The Balaban J connectivity index is 2.94. The van der Waals surface area contributed by atoms with Gasteiger partial charge in [-0.1, -0.05) is 5.57 Å². The van der Waals surface area contributed by atoms with Gasteiger partial charge in [0.25, 0.3) is 0 Å². The number of carbonyl (C=O) groups excluding carboxylic acids is 1. The van der Waals surface area contributed by atoms with Gasteiger partial charge in [0.1, 0.15) is 11.5 Å². The van der Waals surface area contributed by atoms with E-state index in [1.807, 2.05) is 39.0 Å². The highest BCUT2D eigenvalue weighted by molar-refractivity contribution is 5.88. The molecule has 0 unspecified atom stereocenters. The molecule has 0 spiro atoms. The second-order valence-corrected chi connectivity index (χ2v) is 4.56. The Labute approximate surface area is 114 Å². The molecule has 1 aromatic rings. The number of ether oxygens (including phenoxy) is 2. The minimum Gasteiger partial charge on any atom is -0.497 e. The van der Waals surface area contributed by atoms with Crippen molar-refractivity contribution in [2.75, 3.05) is 14.2 Å². The maximum atomic E-state index is 11.7. The lowest BCUT2D eigenvalue weighted by molar-refractivity contribution is -0.117. The van der Waals surface area contributed by atoms with Crippen LogP contribution in [0.2, 0.25) is 0 Å². The molecule has 1 rings (SSSR count). The number of amides is 1. The van der Waals surface area contributed by atoms with Gasteiger partial charge in [-0.25, -0.2) is 0 Å². The molecule has 4 heteroatoms. The largest absolute Gasteiger partial charge is 0.497 e. The van der Waals surface area contributed by atoms with Crippen molar-refractivity contribution in [3.05, 3.63) is 35.4 Å². The van der Waals surface area contributed by atoms with Gasteiger partial charge in [-0.05, 0) is 39.0 Å². The molecule has 0 fully saturated rings. The Morgan fingerprint density at radius 1 is 1.26 bits per heavy atom. The molecule has 1 N–H and O–H groups in total. The summed E-state index contributed by atoms with van der Waals surface area (Å²) in [5, 5.41) is 2.90. The van der Waals surface area contributed by atoms with Gasteiger partial charge in [0.2, 0.25) is 5.91 Å². The molecule has 0 aliphatic rings. The van der Waals surface area contributed by atoms with Gasteiger partial charge < -0.3 is 14.8 Å². The number of carbonyl (C=O) groups is 1. The van der Waals surface area contributed by atoms with Gasteiger partial charge in [-0.2, -0.15) is 0 Å². The molecule has 0 radical (unpaired) electrons. The number of nitrogens with one attached hydrogen (secondary N) is 1. The van der Waals surface area contributed by atoms with E-state index in [2.05, 4.69) is 5.32 Å². The summed E-state index contributed by atoms with van der Waals surface area (Å²) in [6.45, 7) is 5.68. The molecule has 0 heterocycles. The molecule has 4 nitrogen and oxygen atoms in total. The molecule has 0 aliphatic carbocycles. The van der Waals surface area contributed by atoms with Crippen LogP contribution in [-0.2, 0) is 4.79 Å². The molecule has 0 saturated carbocycles. The zero-order chi connectivity index (χ0) is 14.4. The molecule has 104 valence electrons. The zero-order valence-electron chi connectivity index (χ0n) is 12.1. The minimum atomic E-state index is -0.159. The van der Waals surface area contributed by atoms with Crippen LogP contribution in [0, 0.1) is 0 Å². The van der Waals surface area contributed by atoms with Gasteiger partial charge in [-0.15, -0.1) is 0 Å². The third-order valence-corrected chi connectivity index (χ3v) is 2.68. The van der Waals surface area contributed by atoms with Crippen molar-refractivity contribution in [2.24, 2.45) is 0 Å². The fourth-order valence-corrected chi connectivity index (χ4v) is 1.77. The van der Waals surface area contributed by atoms with E-state index in [9.17, 15) is 4.79 Å². The van der Waals surface area contributed by atoms with Crippen LogP contribution in [0.1, 0.15) is 32.4 Å². The fourth-order valence-electron chi connectivity index (χ4n) is 1.77. The maximum absolute atomic E-state index is 11.7. The van der Waals surface area contributed by atoms with E-state index in [4.69, 9.17) is 9.47 Å². The highest BCUT2D eigenvalue weighted by atomic mass is 16.5. The molecule has 0 bridgehead atoms. The lowest BCUT2D eigenvalue weighted by Crippen LogP contribution is -2.25. The van der Waals surface area contributed by atoms with Crippen LogP contribution >= 0.6 is 0 Å². The third-order valence-electron chi connectivity index (χ3n) is 2.68. The molecular formula is C15H21NO3. The Morgan fingerprint density at radius 3 is 2.47 bits per heavy atom. The average Bonchev–Trinajstić information content (AvgIpc) is 2.36. The van der Waals surface area contributed by atoms with Gasteiger partial charge in [0, 0.05) is 11.6 Å². The quantitative estimate of drug-likeness (QED) is 0.831. The highest BCUT2D eigenvalue weighted by Gasteiger charge is 2.14. The minimum absolute atomic E-state index is 0.114. The van der Waals surface area contributed by atoms with Crippen molar-refractivity contribution >= 4 is 5.91 Å². The van der Waals surface area contributed by atoms with Gasteiger partial charge >= 0.3 is 0 Å². The van der Waals surface area contributed by atoms with Crippen LogP contribution in [0.25, 0.3) is 0 Å². The third kappa shape index (κ3) is 4.32. The monoisotopic (exact) mass is 263 g/mol. The summed E-state index contributed by atoms with van der Waals surface area (Å²) in [5.74, 6) is 1.35. The normalized spacial score (nSPS) is 11.4. The lowest BCUT2D eigenvalue weighted by atomic mass is 10.1. The van der Waals surface area contributed by atoms with Crippen molar-refractivity contribution in [3.63, 3.8) is 0 Å². The van der Waals surface area contributed by atoms with Gasteiger partial charge in [0.15, 0.2) is 0 Å². The van der Waals surface area contributed by atoms with Crippen LogP contribution in [0.5, 0.6) is 11.5 Å². The lowest BCUT2D eigenvalue weighted by Gasteiger charge is -2.17. The number of benzene rings is 1. The standard InChI is InChI=1S/C15H21NO3/c1-10(2)8-15(17)16-11(3)13-9-12(18-4)6-7-14(13)19-5/h6-9,11H,1-5H3,(H,16,17)/t11-/m0/s1. The zero-order valence-corrected chi connectivity index (χ0v) is 12.1. The summed E-state index contributed by atoms with van der Waals surface area (Å²) < 4.78 is 10.5. The predicted molar refractivity (Wildman–Crippen MR) is 75.5 cm³/mol. The van der Waals surface area contributed by atoms with Crippen molar-refractivity contribution in [1.82, 2.24) is 5.32 Å². The molecule has 1 aromatic carbocycles. The van der Waals surface area contributed by atoms with E-state index in [0.29, 0.717) is 0 Å². The van der Waals surface area contributed by atoms with Crippen LogP contribution in [-0.4, -0.2) is 20.1 Å². The predicted octanol–water partition coefficient (Wildman–Crippen LogP) is 2.85. The first-order valence-corrected chi connectivity index (χ1v) is 6.15. The van der Waals surface area contributed by atoms with E-state index in [1.54, 1.807) is 20.3 Å². The van der Waals surface area contributed by atoms with E-state index < -0.39 is 0 Å². The topological polar surface area (TPSA) is 47.6 Å². The first-order chi connectivity index (χ1) is 8.97. The summed E-state index contributed by atoms with van der Waals surface area (Å²) in [7, 11) is 3.22. The number of hydrogen-bond acceptors (Lipinski definition) is 3. The van der Waals surface area contributed by atoms with Crippen molar-refractivity contribution in [2.45, 2.75) is 26.8 Å². The first kappa shape index (κ1) is 15.1. The highest BCUT2D eigenvalue weighted by Crippen LogP contribution is 2.29. The number of hydrogen-bond donors (Lipinski definition) is 1. The van der Waals surface area contributed by atoms with Crippen molar-refractivity contribution in [1.29, 1.82) is 0 Å². The van der Waals surface area contributed by atoms with Gasteiger partial charge in [-0.3, -0.25) is 4.79 Å². The molecule has 0 aromatic heterocycles. The summed E-state index contributed by atoms with van der Waals surface area (Å²) in [6, 6.07) is 5.37. The molecule has 1 amide bonds. The summed E-state index contributed by atoms with van der Waals surface area (Å²) in [4.78, 5) is 11.7. The Kier molecular flexibility index (Phi) is 5.42. The Morgan fingerprint density at radius 2 is 1.95 bits per heavy atom. The molecule has 19 heavy (non-hydrogen) atoms. The number of rotatable bonds is 5. The molecule has 0 aliphatic heterocycles. The van der Waals surface area contributed by atoms with Crippen molar-refractivity contribution in [3.8, 4) is 11.5 Å². The average molecular weight is 263 g/mol. The van der Waals surface area contributed by atoms with Crippen LogP contribution in [0.4, 0.5) is 0 Å². The fraction of sp³-hybridized carbons (Fsp3) is 0.400. The molecule has 0 saturated heterocycles. The first-order valence-electron chi connectivity index (χ1n) is 6.15. The van der Waals surface area contributed by atoms with Crippen LogP contribution < -0.4 is 14.8 Å². The SMILES string of the molecule is COc1ccc(OC)c([C@H](C)NC(=O)C=C(C)C)c1. The van der Waals surface area contributed by atoms with Crippen LogP contribution in [0.15, 0.2) is 29.8 Å². The van der Waals surface area contributed by atoms with E-state index >= 15 is 0 Å². The Hall–Kier alpha value is -1.97. The van der Waals surface area contributed by atoms with Crippen molar-refractivity contribution < 1.29 is 14.3 Å². The van der Waals surface area contributed by atoms with E-state index in [1.165, 1.54) is 0 Å². The van der Waals surface area contributed by atoms with E-state index in [0.717, 1.165) is 22.6 Å². The summed E-state index contributed by atoms with van der Waals surface area (Å²) in [5.41, 5.74) is 1.85. The second-order valence-electron chi connectivity index (χ2n) is 4.56. The molecule has 1 atom stereocenters. The van der Waals surface area contributed by atoms with Gasteiger partial charge in [0.05, 0.1) is 20.3 Å². The number of methoxy groups -OCH3 is 2. The second kappa shape index (κ2) is 6.83. The number of allylic oxidation sites excluding steroid dienone is 1. The van der Waals surface area contributed by atoms with E-state index in [-0.39, 0.29) is 11.9 Å². The Bertz CT molecular complexity index is 476.